The normalized spacial score (nSPS) is 10.8. The number of benzene rings is 1. The summed E-state index contributed by atoms with van der Waals surface area (Å²) in [7, 11) is 0. The molecule has 3 aromatic heterocycles. The maximum absolute atomic E-state index is 12.3. The number of amides is 1. The topological polar surface area (TPSA) is 151 Å². The lowest BCUT2D eigenvalue weighted by atomic mass is 10.1. The van der Waals surface area contributed by atoms with Gasteiger partial charge in [0.25, 0.3) is 11.5 Å². The molecule has 10 nitrogen and oxygen atoms in total. The molecule has 0 aliphatic rings. The van der Waals surface area contributed by atoms with E-state index in [2.05, 4.69) is 20.3 Å². The molecule has 134 valence electrons. The number of fused-ring (bicyclic) bond motifs is 1. The van der Waals surface area contributed by atoms with E-state index < -0.39 is 17.2 Å². The number of carbonyl (C=O) groups excluding carboxylic acids is 1. The van der Waals surface area contributed by atoms with E-state index in [4.69, 9.17) is 5.73 Å². The summed E-state index contributed by atoms with van der Waals surface area (Å²) in [5.41, 5.74) is 5.30. The number of anilines is 2. The Labute approximate surface area is 150 Å². The number of hydrogen-bond donors (Lipinski definition) is 4. The summed E-state index contributed by atoms with van der Waals surface area (Å²) < 4.78 is 1.80. The number of nitrogens with two attached hydrogens (primary N) is 1. The number of nitrogens with zero attached hydrogens (tertiary/aromatic N) is 3. The number of hydrogen-bond acceptors (Lipinski definition) is 6. The second-order valence-corrected chi connectivity index (χ2v) is 5.68. The lowest BCUT2D eigenvalue weighted by Gasteiger charge is -2.07. The second-order valence-electron chi connectivity index (χ2n) is 5.68. The predicted octanol–water partition coefficient (Wildman–Crippen LogP) is 0.607. The minimum atomic E-state index is -0.820. The van der Waals surface area contributed by atoms with Gasteiger partial charge in [0.2, 0.25) is 5.78 Å². The summed E-state index contributed by atoms with van der Waals surface area (Å²) in [5, 5.41) is 2.58. The van der Waals surface area contributed by atoms with Crippen molar-refractivity contribution < 1.29 is 4.79 Å². The van der Waals surface area contributed by atoms with E-state index >= 15 is 0 Å². The molecule has 3 heterocycles. The van der Waals surface area contributed by atoms with Crippen molar-refractivity contribution in [1.29, 1.82) is 0 Å². The second kappa shape index (κ2) is 6.26. The van der Waals surface area contributed by atoms with Gasteiger partial charge in [0.1, 0.15) is 11.4 Å². The lowest BCUT2D eigenvalue weighted by molar-refractivity contribution is 0.102. The first-order valence-corrected chi connectivity index (χ1v) is 7.85. The van der Waals surface area contributed by atoms with E-state index in [0.29, 0.717) is 11.5 Å². The third kappa shape index (κ3) is 3.06. The average molecular weight is 363 g/mol. The Morgan fingerprint density at radius 3 is 2.67 bits per heavy atom. The van der Waals surface area contributed by atoms with Crippen LogP contribution in [0.2, 0.25) is 0 Å². The third-order valence-electron chi connectivity index (χ3n) is 3.88. The van der Waals surface area contributed by atoms with Crippen LogP contribution in [0.5, 0.6) is 0 Å². The molecule has 5 N–H and O–H groups in total. The quantitative estimate of drug-likeness (QED) is 0.418. The number of H-pyrrole nitrogens is 2. The summed E-state index contributed by atoms with van der Waals surface area (Å²) >= 11 is 0. The zero-order chi connectivity index (χ0) is 19.0. The van der Waals surface area contributed by atoms with Crippen LogP contribution >= 0.6 is 0 Å². The largest absolute Gasteiger partial charge is 0.392 e. The number of nitrogen functional groups attached to an aromatic ring is 1. The number of aromatic nitrogens is 5. The Balaban J connectivity index is 1.58. The van der Waals surface area contributed by atoms with E-state index in [1.807, 2.05) is 23.4 Å². The van der Waals surface area contributed by atoms with Gasteiger partial charge in [0.05, 0.1) is 5.69 Å². The monoisotopic (exact) mass is 363 g/mol. The highest BCUT2D eigenvalue weighted by atomic mass is 16.2. The van der Waals surface area contributed by atoms with Crippen molar-refractivity contribution in [2.45, 2.75) is 0 Å². The van der Waals surface area contributed by atoms with Gasteiger partial charge in [0.15, 0.2) is 0 Å². The number of rotatable bonds is 3. The highest BCUT2D eigenvalue weighted by Gasteiger charge is 2.14. The van der Waals surface area contributed by atoms with Gasteiger partial charge in [-0.2, -0.15) is 0 Å². The minimum absolute atomic E-state index is 0.292. The summed E-state index contributed by atoms with van der Waals surface area (Å²) in [6.45, 7) is 0. The van der Waals surface area contributed by atoms with E-state index in [9.17, 15) is 14.4 Å². The Hall–Kier alpha value is -4.21. The van der Waals surface area contributed by atoms with Gasteiger partial charge in [0, 0.05) is 29.8 Å². The number of imidazole rings is 1. The lowest BCUT2D eigenvalue weighted by Crippen LogP contribution is -2.30. The van der Waals surface area contributed by atoms with Gasteiger partial charge >= 0.3 is 5.69 Å². The van der Waals surface area contributed by atoms with Crippen molar-refractivity contribution in [3.05, 3.63) is 75.5 Å². The first-order valence-electron chi connectivity index (χ1n) is 7.85. The van der Waals surface area contributed by atoms with Crippen LogP contribution in [0.1, 0.15) is 10.5 Å². The fourth-order valence-electron chi connectivity index (χ4n) is 2.56. The Morgan fingerprint density at radius 1 is 1.15 bits per heavy atom. The van der Waals surface area contributed by atoms with Crippen LogP contribution < -0.4 is 22.3 Å². The first kappa shape index (κ1) is 16.3. The van der Waals surface area contributed by atoms with Crippen LogP contribution in [-0.2, 0) is 0 Å². The summed E-state index contributed by atoms with van der Waals surface area (Å²) in [6.07, 6.45) is 5.35. The standard InChI is InChI=1S/C17H13N7O3/c18-12-13(22-17(27)23-14(12)25)15(26)20-10-4-2-9(3-5-10)11-8-24-7-1-6-19-16(24)21-11/h1-8H,18H2,(H,20,26)(H2,22,23,25,27). The third-order valence-corrected chi connectivity index (χ3v) is 3.88. The Kier molecular flexibility index (Phi) is 3.77. The first-order chi connectivity index (χ1) is 13.0. The smallest absolute Gasteiger partial charge is 0.326 e. The van der Waals surface area contributed by atoms with Crippen molar-refractivity contribution in [3.63, 3.8) is 0 Å². The maximum atomic E-state index is 12.3. The molecule has 0 aliphatic heterocycles. The van der Waals surface area contributed by atoms with Gasteiger partial charge in [-0.15, -0.1) is 0 Å². The molecular formula is C17H13N7O3. The van der Waals surface area contributed by atoms with Crippen LogP contribution in [0.3, 0.4) is 0 Å². The molecule has 0 unspecified atom stereocenters. The van der Waals surface area contributed by atoms with Crippen molar-refractivity contribution in [3.8, 4) is 11.3 Å². The van der Waals surface area contributed by atoms with Gasteiger partial charge in [-0.05, 0) is 18.2 Å². The maximum Gasteiger partial charge on any atom is 0.326 e. The van der Waals surface area contributed by atoms with Crippen molar-refractivity contribution in [1.82, 2.24) is 24.3 Å². The Bertz CT molecular complexity index is 1240. The molecule has 0 atom stereocenters. The number of carbonyl (C=O) groups is 1. The van der Waals surface area contributed by atoms with E-state index in [1.54, 1.807) is 34.9 Å². The highest BCUT2D eigenvalue weighted by Crippen LogP contribution is 2.21. The van der Waals surface area contributed by atoms with Crippen LogP contribution in [0.25, 0.3) is 17.0 Å². The van der Waals surface area contributed by atoms with Crippen LogP contribution in [-0.4, -0.2) is 30.2 Å². The van der Waals surface area contributed by atoms with Crippen LogP contribution in [0.15, 0.2) is 58.5 Å². The van der Waals surface area contributed by atoms with Gasteiger partial charge in [-0.25, -0.2) is 14.8 Å². The number of aromatic amines is 2. The van der Waals surface area contributed by atoms with Crippen LogP contribution in [0.4, 0.5) is 11.4 Å². The highest BCUT2D eigenvalue weighted by molar-refractivity contribution is 6.06. The molecule has 0 saturated carbocycles. The summed E-state index contributed by atoms with van der Waals surface area (Å²) in [5.74, 6) is -0.112. The molecule has 1 amide bonds. The molecule has 4 aromatic rings. The molecule has 0 fully saturated rings. The van der Waals surface area contributed by atoms with Gasteiger partial charge < -0.3 is 16.0 Å². The van der Waals surface area contributed by atoms with Crippen LogP contribution in [0, 0.1) is 0 Å². The minimum Gasteiger partial charge on any atom is -0.392 e. The molecule has 0 spiro atoms. The van der Waals surface area contributed by atoms with Gasteiger partial charge in [-0.3, -0.25) is 19.0 Å². The van der Waals surface area contributed by atoms with E-state index in [-0.39, 0.29) is 11.4 Å². The average Bonchev–Trinajstić information content (AvgIpc) is 3.09. The zero-order valence-electron chi connectivity index (χ0n) is 13.8. The van der Waals surface area contributed by atoms with Crippen molar-refractivity contribution in [2.75, 3.05) is 11.1 Å². The molecule has 4 rings (SSSR count). The predicted molar refractivity (Wildman–Crippen MR) is 98.5 cm³/mol. The molecule has 0 saturated heterocycles. The Morgan fingerprint density at radius 2 is 1.93 bits per heavy atom. The molecule has 0 radical (unpaired) electrons. The van der Waals surface area contributed by atoms with Crippen molar-refractivity contribution >= 4 is 23.1 Å². The SMILES string of the molecule is Nc1c(C(=O)Nc2ccc(-c3cn4cccnc4n3)cc2)[nH]c(=O)[nH]c1=O. The van der Waals surface area contributed by atoms with E-state index in [0.717, 1.165) is 11.3 Å². The summed E-state index contributed by atoms with van der Waals surface area (Å²) in [6, 6.07) is 8.71. The summed E-state index contributed by atoms with van der Waals surface area (Å²) in [4.78, 5) is 47.9. The fourth-order valence-corrected chi connectivity index (χ4v) is 2.56. The van der Waals surface area contributed by atoms with Gasteiger partial charge in [-0.1, -0.05) is 12.1 Å². The fraction of sp³-hybridized carbons (Fsp3) is 0. The molecular weight excluding hydrogens is 350 g/mol. The molecule has 10 heteroatoms. The molecule has 27 heavy (non-hydrogen) atoms. The zero-order valence-corrected chi connectivity index (χ0v) is 13.8. The van der Waals surface area contributed by atoms with E-state index in [1.165, 1.54) is 0 Å². The van der Waals surface area contributed by atoms with Crippen molar-refractivity contribution in [2.24, 2.45) is 0 Å². The number of nitrogens with one attached hydrogen (secondary N) is 3. The molecule has 0 aliphatic carbocycles. The molecule has 0 bridgehead atoms. The molecule has 1 aromatic carbocycles.